The SMILES string of the molecule is CSCC(C)CNC1CCC(O)CC1. The van der Waals surface area contributed by atoms with Crippen LogP contribution in [0.25, 0.3) is 0 Å². The largest absolute Gasteiger partial charge is 0.393 e. The van der Waals surface area contributed by atoms with Crippen molar-refractivity contribution in [2.45, 2.75) is 44.8 Å². The Morgan fingerprint density at radius 1 is 1.36 bits per heavy atom. The second-order valence-corrected chi connectivity index (χ2v) is 5.38. The fourth-order valence-corrected chi connectivity index (χ4v) is 2.68. The lowest BCUT2D eigenvalue weighted by atomic mass is 9.93. The van der Waals surface area contributed by atoms with Crippen molar-refractivity contribution in [2.24, 2.45) is 5.92 Å². The summed E-state index contributed by atoms with van der Waals surface area (Å²) in [6.45, 7) is 3.42. The van der Waals surface area contributed by atoms with Crippen LogP contribution in [0.15, 0.2) is 0 Å². The van der Waals surface area contributed by atoms with Gasteiger partial charge in [0, 0.05) is 6.04 Å². The third-order valence-electron chi connectivity index (χ3n) is 2.90. The number of hydrogen-bond donors (Lipinski definition) is 2. The summed E-state index contributed by atoms with van der Waals surface area (Å²) in [6, 6.07) is 0.655. The maximum atomic E-state index is 9.36. The van der Waals surface area contributed by atoms with E-state index in [0.29, 0.717) is 6.04 Å². The average Bonchev–Trinajstić information content (AvgIpc) is 2.17. The molecule has 0 spiro atoms. The Morgan fingerprint density at radius 3 is 2.57 bits per heavy atom. The quantitative estimate of drug-likeness (QED) is 0.737. The smallest absolute Gasteiger partial charge is 0.0541 e. The Balaban J connectivity index is 2.06. The fourth-order valence-electron chi connectivity index (χ4n) is 1.99. The van der Waals surface area contributed by atoms with Gasteiger partial charge in [0.2, 0.25) is 0 Å². The third-order valence-corrected chi connectivity index (χ3v) is 3.81. The van der Waals surface area contributed by atoms with Gasteiger partial charge in [0.15, 0.2) is 0 Å². The normalized spacial score (nSPS) is 30.2. The molecule has 0 bridgehead atoms. The molecule has 1 aliphatic carbocycles. The minimum atomic E-state index is -0.0309. The molecule has 1 unspecified atom stereocenters. The summed E-state index contributed by atoms with van der Waals surface area (Å²) in [5, 5.41) is 13.0. The van der Waals surface area contributed by atoms with E-state index in [1.165, 1.54) is 5.75 Å². The first-order chi connectivity index (χ1) is 6.72. The molecule has 1 saturated carbocycles. The molecule has 0 amide bonds. The van der Waals surface area contributed by atoms with Crippen molar-refractivity contribution in [2.75, 3.05) is 18.6 Å². The van der Waals surface area contributed by atoms with Crippen LogP contribution in [-0.2, 0) is 0 Å². The van der Waals surface area contributed by atoms with Crippen LogP contribution in [0.5, 0.6) is 0 Å². The van der Waals surface area contributed by atoms with Crippen molar-refractivity contribution >= 4 is 11.8 Å². The molecule has 0 aromatic carbocycles. The van der Waals surface area contributed by atoms with E-state index in [1.807, 2.05) is 11.8 Å². The van der Waals surface area contributed by atoms with E-state index in [2.05, 4.69) is 18.5 Å². The number of aliphatic hydroxyl groups is 1. The van der Waals surface area contributed by atoms with Crippen molar-refractivity contribution in [1.29, 1.82) is 0 Å². The molecule has 0 radical (unpaired) electrons. The molecule has 0 aromatic heterocycles. The Labute approximate surface area is 91.9 Å². The lowest BCUT2D eigenvalue weighted by Gasteiger charge is -2.27. The van der Waals surface area contributed by atoms with Gasteiger partial charge in [-0.2, -0.15) is 11.8 Å². The van der Waals surface area contributed by atoms with Gasteiger partial charge in [-0.25, -0.2) is 0 Å². The van der Waals surface area contributed by atoms with Crippen LogP contribution in [0.3, 0.4) is 0 Å². The fraction of sp³-hybridized carbons (Fsp3) is 1.00. The molecule has 3 heteroatoms. The molecular weight excluding hydrogens is 194 g/mol. The number of thioether (sulfide) groups is 1. The van der Waals surface area contributed by atoms with E-state index in [9.17, 15) is 5.11 Å². The van der Waals surface area contributed by atoms with Crippen LogP contribution < -0.4 is 5.32 Å². The highest BCUT2D eigenvalue weighted by Crippen LogP contribution is 2.18. The van der Waals surface area contributed by atoms with Gasteiger partial charge in [-0.1, -0.05) is 6.92 Å². The number of aliphatic hydroxyl groups excluding tert-OH is 1. The van der Waals surface area contributed by atoms with Crippen LogP contribution in [0, 0.1) is 5.92 Å². The van der Waals surface area contributed by atoms with E-state index in [1.54, 1.807) is 0 Å². The van der Waals surface area contributed by atoms with Crippen molar-refractivity contribution < 1.29 is 5.11 Å². The van der Waals surface area contributed by atoms with Crippen LogP contribution in [0.2, 0.25) is 0 Å². The summed E-state index contributed by atoms with van der Waals surface area (Å²) in [4.78, 5) is 0. The van der Waals surface area contributed by atoms with E-state index < -0.39 is 0 Å². The molecule has 2 N–H and O–H groups in total. The van der Waals surface area contributed by atoms with Gasteiger partial charge in [0.1, 0.15) is 0 Å². The second kappa shape index (κ2) is 6.70. The zero-order valence-corrected chi connectivity index (χ0v) is 10.1. The monoisotopic (exact) mass is 217 g/mol. The van der Waals surface area contributed by atoms with E-state index >= 15 is 0 Å². The van der Waals surface area contributed by atoms with Gasteiger partial charge in [-0.05, 0) is 50.2 Å². The van der Waals surface area contributed by atoms with E-state index in [-0.39, 0.29) is 6.10 Å². The molecule has 0 aromatic rings. The minimum absolute atomic E-state index is 0.0309. The Hall–Kier alpha value is 0.270. The van der Waals surface area contributed by atoms with Crippen molar-refractivity contribution in [3.05, 3.63) is 0 Å². The van der Waals surface area contributed by atoms with Gasteiger partial charge >= 0.3 is 0 Å². The third kappa shape index (κ3) is 4.67. The number of hydrogen-bond acceptors (Lipinski definition) is 3. The van der Waals surface area contributed by atoms with Gasteiger partial charge < -0.3 is 10.4 Å². The maximum Gasteiger partial charge on any atom is 0.0541 e. The topological polar surface area (TPSA) is 32.3 Å². The molecule has 84 valence electrons. The molecule has 0 aliphatic heterocycles. The van der Waals surface area contributed by atoms with Crippen LogP contribution in [0.4, 0.5) is 0 Å². The van der Waals surface area contributed by atoms with Crippen LogP contribution in [-0.4, -0.2) is 35.8 Å². The zero-order valence-electron chi connectivity index (χ0n) is 9.33. The Morgan fingerprint density at radius 2 is 2.00 bits per heavy atom. The zero-order chi connectivity index (χ0) is 10.4. The van der Waals surface area contributed by atoms with Gasteiger partial charge in [-0.3, -0.25) is 0 Å². The molecule has 14 heavy (non-hydrogen) atoms. The Kier molecular flexibility index (Phi) is 5.90. The predicted molar refractivity (Wildman–Crippen MR) is 63.8 cm³/mol. The summed E-state index contributed by atoms with van der Waals surface area (Å²) in [7, 11) is 0. The van der Waals surface area contributed by atoms with Crippen molar-refractivity contribution in [3.8, 4) is 0 Å². The predicted octanol–water partition coefficient (Wildman–Crippen LogP) is 1.88. The summed E-state index contributed by atoms with van der Waals surface area (Å²) in [6.07, 6.45) is 6.38. The number of nitrogens with one attached hydrogen (secondary N) is 1. The summed E-state index contributed by atoms with van der Waals surface area (Å²) >= 11 is 1.92. The summed E-state index contributed by atoms with van der Waals surface area (Å²) < 4.78 is 0. The van der Waals surface area contributed by atoms with Crippen molar-refractivity contribution in [3.63, 3.8) is 0 Å². The summed E-state index contributed by atoms with van der Waals surface area (Å²) in [5.74, 6) is 2.00. The second-order valence-electron chi connectivity index (χ2n) is 4.47. The Bertz CT molecular complexity index is 146. The minimum Gasteiger partial charge on any atom is -0.393 e. The number of rotatable bonds is 5. The molecule has 1 atom stereocenters. The van der Waals surface area contributed by atoms with E-state index in [0.717, 1.165) is 38.1 Å². The average molecular weight is 217 g/mol. The highest BCUT2D eigenvalue weighted by atomic mass is 32.2. The van der Waals surface area contributed by atoms with Gasteiger partial charge in [0.05, 0.1) is 6.10 Å². The van der Waals surface area contributed by atoms with Gasteiger partial charge in [-0.15, -0.1) is 0 Å². The first kappa shape index (κ1) is 12.3. The lowest BCUT2D eigenvalue weighted by Crippen LogP contribution is -2.37. The van der Waals surface area contributed by atoms with Crippen molar-refractivity contribution in [1.82, 2.24) is 5.32 Å². The molecule has 1 aliphatic rings. The standard InChI is InChI=1S/C11H23NOS/c1-9(8-14-2)7-12-10-3-5-11(13)6-4-10/h9-13H,3-8H2,1-2H3. The van der Waals surface area contributed by atoms with Gasteiger partial charge in [0.25, 0.3) is 0 Å². The molecule has 0 heterocycles. The molecule has 1 fully saturated rings. The first-order valence-corrected chi connectivity index (χ1v) is 7.02. The summed E-state index contributed by atoms with van der Waals surface area (Å²) in [5.41, 5.74) is 0. The maximum absolute atomic E-state index is 9.36. The lowest BCUT2D eigenvalue weighted by molar-refractivity contribution is 0.116. The highest BCUT2D eigenvalue weighted by molar-refractivity contribution is 7.98. The van der Waals surface area contributed by atoms with Crippen LogP contribution >= 0.6 is 11.8 Å². The molecular formula is C11H23NOS. The first-order valence-electron chi connectivity index (χ1n) is 5.62. The highest BCUT2D eigenvalue weighted by Gasteiger charge is 2.18. The molecule has 0 saturated heterocycles. The molecule has 2 nitrogen and oxygen atoms in total. The van der Waals surface area contributed by atoms with Crippen LogP contribution in [0.1, 0.15) is 32.6 Å². The van der Waals surface area contributed by atoms with E-state index in [4.69, 9.17) is 0 Å². The molecule has 1 rings (SSSR count).